The molecule has 1 aliphatic heterocycles. The molecule has 2 aromatic carbocycles. The van der Waals surface area contributed by atoms with Gasteiger partial charge in [0.2, 0.25) is 0 Å². The molecule has 0 saturated carbocycles. The van der Waals surface area contributed by atoms with Crippen molar-refractivity contribution in [3.63, 3.8) is 0 Å². The molecule has 0 spiro atoms. The van der Waals surface area contributed by atoms with Gasteiger partial charge in [0.15, 0.2) is 5.13 Å². The molecule has 1 fully saturated rings. The van der Waals surface area contributed by atoms with E-state index in [1.807, 2.05) is 0 Å². The average Bonchev–Trinajstić information content (AvgIpc) is 3.24. The van der Waals surface area contributed by atoms with Crippen LogP contribution in [0.3, 0.4) is 0 Å². The summed E-state index contributed by atoms with van der Waals surface area (Å²) < 4.78 is 20.2. The largest absolute Gasteiger partial charge is 0.379 e. The van der Waals surface area contributed by atoms with Gasteiger partial charge in [-0.05, 0) is 23.8 Å². The number of rotatable bonds is 7. The predicted octanol–water partition coefficient (Wildman–Crippen LogP) is 3.72. The maximum absolute atomic E-state index is 14.2. The van der Waals surface area contributed by atoms with Crippen LogP contribution >= 0.6 is 11.3 Å². The molecule has 4 rings (SSSR count). The topological polar surface area (TPSA) is 88.8 Å². The SMILES string of the molecule is O=C(/C=C/c1cccc([N+](=O)[O-])c1)N(CCN1CCOCC1)c1nc2c(F)cccc2s1. The van der Waals surface area contributed by atoms with Gasteiger partial charge in [0, 0.05) is 44.4 Å². The van der Waals surface area contributed by atoms with Crippen LogP contribution in [0.15, 0.2) is 48.5 Å². The van der Waals surface area contributed by atoms with Crippen LogP contribution in [0.1, 0.15) is 5.56 Å². The Morgan fingerprint density at radius 3 is 2.81 bits per heavy atom. The summed E-state index contributed by atoms with van der Waals surface area (Å²) >= 11 is 1.25. The van der Waals surface area contributed by atoms with Crippen LogP contribution in [0.25, 0.3) is 16.3 Å². The minimum absolute atomic E-state index is 0.0505. The molecule has 0 N–H and O–H groups in total. The van der Waals surface area contributed by atoms with E-state index in [9.17, 15) is 19.3 Å². The van der Waals surface area contributed by atoms with Gasteiger partial charge in [-0.25, -0.2) is 9.37 Å². The maximum Gasteiger partial charge on any atom is 0.270 e. The number of amides is 1. The molecule has 1 aliphatic rings. The Morgan fingerprint density at radius 1 is 1.28 bits per heavy atom. The number of para-hydroxylation sites is 1. The highest BCUT2D eigenvalue weighted by atomic mass is 32.1. The van der Waals surface area contributed by atoms with E-state index in [1.165, 1.54) is 46.6 Å². The molecule has 0 unspecified atom stereocenters. The molecule has 0 aliphatic carbocycles. The summed E-state index contributed by atoms with van der Waals surface area (Å²) in [4.78, 5) is 31.7. The van der Waals surface area contributed by atoms with Crippen molar-refractivity contribution in [3.8, 4) is 0 Å². The summed E-state index contributed by atoms with van der Waals surface area (Å²) in [5, 5.41) is 11.4. The van der Waals surface area contributed by atoms with Crippen LogP contribution in [0.2, 0.25) is 0 Å². The van der Waals surface area contributed by atoms with Gasteiger partial charge >= 0.3 is 0 Å². The molecule has 3 aromatic rings. The number of fused-ring (bicyclic) bond motifs is 1. The van der Waals surface area contributed by atoms with Gasteiger partial charge in [0.1, 0.15) is 11.3 Å². The number of non-ortho nitro benzene ring substituents is 1. The first-order chi connectivity index (χ1) is 15.5. The Morgan fingerprint density at radius 2 is 2.06 bits per heavy atom. The lowest BCUT2D eigenvalue weighted by atomic mass is 10.2. The van der Waals surface area contributed by atoms with E-state index in [2.05, 4.69) is 9.88 Å². The summed E-state index contributed by atoms with van der Waals surface area (Å²) in [6.45, 7) is 3.84. The number of benzene rings is 2. The van der Waals surface area contributed by atoms with Crippen molar-refractivity contribution in [3.05, 3.63) is 70.0 Å². The second kappa shape index (κ2) is 9.94. The van der Waals surface area contributed by atoms with Gasteiger partial charge in [0.05, 0.1) is 22.8 Å². The number of morpholine rings is 1. The molecule has 1 aromatic heterocycles. The lowest BCUT2D eigenvalue weighted by molar-refractivity contribution is -0.384. The summed E-state index contributed by atoms with van der Waals surface area (Å²) in [6.07, 6.45) is 2.89. The number of nitro benzene ring substituents is 1. The number of hydrogen-bond donors (Lipinski definition) is 0. The molecule has 2 heterocycles. The third-order valence-corrected chi connectivity index (χ3v) is 6.14. The average molecular weight is 456 g/mol. The lowest BCUT2D eigenvalue weighted by Crippen LogP contribution is -2.42. The lowest BCUT2D eigenvalue weighted by Gasteiger charge is -2.28. The van der Waals surface area contributed by atoms with Gasteiger partial charge in [0.25, 0.3) is 11.6 Å². The minimum atomic E-state index is -0.483. The zero-order valence-corrected chi connectivity index (χ0v) is 18.0. The highest BCUT2D eigenvalue weighted by Crippen LogP contribution is 2.30. The van der Waals surface area contributed by atoms with E-state index < -0.39 is 10.7 Å². The Hall–Kier alpha value is -3.21. The second-order valence-electron chi connectivity index (χ2n) is 7.21. The molecule has 0 bridgehead atoms. The van der Waals surface area contributed by atoms with Gasteiger partial charge < -0.3 is 4.74 Å². The van der Waals surface area contributed by atoms with Crippen molar-refractivity contribution >= 4 is 44.4 Å². The monoisotopic (exact) mass is 456 g/mol. The van der Waals surface area contributed by atoms with E-state index in [0.717, 1.165) is 13.1 Å². The van der Waals surface area contributed by atoms with Crippen LogP contribution in [0.5, 0.6) is 0 Å². The number of thiazole rings is 1. The summed E-state index contributed by atoms with van der Waals surface area (Å²) in [5.74, 6) is -0.762. The molecule has 166 valence electrons. The predicted molar refractivity (Wildman–Crippen MR) is 121 cm³/mol. The van der Waals surface area contributed by atoms with E-state index in [0.29, 0.717) is 41.7 Å². The van der Waals surface area contributed by atoms with E-state index >= 15 is 0 Å². The first-order valence-corrected chi connectivity index (χ1v) is 10.9. The van der Waals surface area contributed by atoms with Crippen molar-refractivity contribution in [2.24, 2.45) is 0 Å². The van der Waals surface area contributed by atoms with Crippen LogP contribution in [-0.2, 0) is 9.53 Å². The molecular formula is C22H21FN4O4S. The van der Waals surface area contributed by atoms with Crippen LogP contribution in [-0.4, -0.2) is 60.1 Å². The van der Waals surface area contributed by atoms with Crippen LogP contribution < -0.4 is 4.90 Å². The molecule has 1 amide bonds. The zero-order valence-electron chi connectivity index (χ0n) is 17.1. The van der Waals surface area contributed by atoms with Gasteiger partial charge in [-0.2, -0.15) is 0 Å². The molecule has 0 atom stereocenters. The van der Waals surface area contributed by atoms with Crippen molar-refractivity contribution in [1.29, 1.82) is 0 Å². The number of hydrogen-bond acceptors (Lipinski definition) is 7. The van der Waals surface area contributed by atoms with Crippen molar-refractivity contribution in [2.75, 3.05) is 44.3 Å². The highest BCUT2D eigenvalue weighted by molar-refractivity contribution is 7.22. The quantitative estimate of drug-likeness (QED) is 0.306. The Balaban J connectivity index is 1.58. The van der Waals surface area contributed by atoms with E-state index in [4.69, 9.17) is 4.74 Å². The fraction of sp³-hybridized carbons (Fsp3) is 0.273. The third-order valence-electron chi connectivity index (χ3n) is 5.10. The molecular weight excluding hydrogens is 435 g/mol. The Labute approximate surface area is 187 Å². The van der Waals surface area contributed by atoms with Crippen LogP contribution in [0, 0.1) is 15.9 Å². The standard InChI is InChI=1S/C22H21FN4O4S/c23-18-5-2-6-19-21(18)24-22(32-19)26(10-9-25-11-13-31-14-12-25)20(28)8-7-16-3-1-4-17(15-16)27(29)30/h1-8,15H,9-14H2/b8-7+. The molecule has 1 saturated heterocycles. The summed E-state index contributed by atoms with van der Waals surface area (Å²) in [6, 6.07) is 10.8. The minimum Gasteiger partial charge on any atom is -0.379 e. The number of carbonyl (C=O) groups excluding carboxylic acids is 1. The number of aromatic nitrogens is 1. The number of nitro groups is 1. The highest BCUT2D eigenvalue weighted by Gasteiger charge is 2.21. The van der Waals surface area contributed by atoms with Crippen molar-refractivity contribution < 1.29 is 18.8 Å². The first-order valence-electron chi connectivity index (χ1n) is 10.1. The third kappa shape index (κ3) is 5.16. The fourth-order valence-electron chi connectivity index (χ4n) is 3.38. The van der Waals surface area contributed by atoms with Crippen molar-refractivity contribution in [1.82, 2.24) is 9.88 Å². The number of carbonyl (C=O) groups is 1. The number of halogens is 1. The Kier molecular flexibility index (Phi) is 6.84. The van der Waals surface area contributed by atoms with E-state index in [-0.39, 0.29) is 17.1 Å². The van der Waals surface area contributed by atoms with E-state index in [1.54, 1.807) is 24.3 Å². The van der Waals surface area contributed by atoms with Crippen molar-refractivity contribution in [2.45, 2.75) is 0 Å². The zero-order chi connectivity index (χ0) is 22.5. The molecule has 10 heteroatoms. The summed E-state index contributed by atoms with van der Waals surface area (Å²) in [5.41, 5.74) is 0.723. The van der Waals surface area contributed by atoms with Crippen LogP contribution in [0.4, 0.5) is 15.2 Å². The molecule has 0 radical (unpaired) electrons. The van der Waals surface area contributed by atoms with Gasteiger partial charge in [-0.3, -0.25) is 24.7 Å². The molecule has 32 heavy (non-hydrogen) atoms. The normalized spacial score (nSPS) is 14.8. The fourth-order valence-corrected chi connectivity index (χ4v) is 4.40. The van der Waals surface area contributed by atoms with Gasteiger partial charge in [-0.1, -0.05) is 29.5 Å². The first kappa shape index (κ1) is 22.0. The van der Waals surface area contributed by atoms with Gasteiger partial charge in [-0.15, -0.1) is 0 Å². The number of anilines is 1. The number of ether oxygens (including phenoxy) is 1. The Bertz CT molecular complexity index is 1160. The summed E-state index contributed by atoms with van der Waals surface area (Å²) in [7, 11) is 0. The molecule has 8 nitrogen and oxygen atoms in total. The smallest absolute Gasteiger partial charge is 0.270 e. The maximum atomic E-state index is 14.2. The second-order valence-corrected chi connectivity index (χ2v) is 8.22. The number of nitrogens with zero attached hydrogens (tertiary/aromatic N) is 4.